The van der Waals surface area contributed by atoms with E-state index in [1.807, 2.05) is 37.3 Å². The van der Waals surface area contributed by atoms with Gasteiger partial charge in [0.05, 0.1) is 6.26 Å². The SMILES string of the molecule is CCN(C(=O)c1ccc(NC(=S)NC(=O)c2ccco2)cc1)c1ccccc1. The van der Waals surface area contributed by atoms with Gasteiger partial charge in [-0.1, -0.05) is 18.2 Å². The molecule has 0 bridgehead atoms. The van der Waals surface area contributed by atoms with Crippen molar-refractivity contribution in [3.63, 3.8) is 0 Å². The summed E-state index contributed by atoms with van der Waals surface area (Å²) in [5.74, 6) is -0.352. The Morgan fingerprint density at radius 1 is 1.00 bits per heavy atom. The number of amides is 2. The first-order valence-corrected chi connectivity index (χ1v) is 9.12. The summed E-state index contributed by atoms with van der Waals surface area (Å²) in [6, 6.07) is 19.6. The van der Waals surface area contributed by atoms with Crippen LogP contribution in [-0.2, 0) is 0 Å². The lowest BCUT2D eigenvalue weighted by atomic mass is 10.1. The lowest BCUT2D eigenvalue weighted by Crippen LogP contribution is -2.34. The van der Waals surface area contributed by atoms with Gasteiger partial charge in [-0.2, -0.15) is 0 Å². The lowest BCUT2D eigenvalue weighted by Gasteiger charge is -2.21. The minimum Gasteiger partial charge on any atom is -0.459 e. The number of thiocarbonyl (C=S) groups is 1. The van der Waals surface area contributed by atoms with Crippen LogP contribution in [0.5, 0.6) is 0 Å². The highest BCUT2D eigenvalue weighted by Gasteiger charge is 2.16. The van der Waals surface area contributed by atoms with Crippen LogP contribution in [0, 0.1) is 0 Å². The molecule has 3 rings (SSSR count). The topological polar surface area (TPSA) is 74.6 Å². The summed E-state index contributed by atoms with van der Waals surface area (Å²) in [4.78, 5) is 26.4. The molecule has 0 aliphatic rings. The number of nitrogens with one attached hydrogen (secondary N) is 2. The third-order valence-corrected chi connectivity index (χ3v) is 4.20. The summed E-state index contributed by atoms with van der Waals surface area (Å²) in [6.45, 7) is 2.49. The average Bonchev–Trinajstić information content (AvgIpc) is 3.25. The zero-order chi connectivity index (χ0) is 19.9. The molecule has 0 unspecified atom stereocenters. The van der Waals surface area contributed by atoms with E-state index in [9.17, 15) is 9.59 Å². The van der Waals surface area contributed by atoms with Crippen LogP contribution in [0.1, 0.15) is 27.8 Å². The molecule has 2 aromatic carbocycles. The van der Waals surface area contributed by atoms with E-state index in [1.165, 1.54) is 6.26 Å². The van der Waals surface area contributed by atoms with E-state index < -0.39 is 5.91 Å². The van der Waals surface area contributed by atoms with E-state index >= 15 is 0 Å². The molecule has 0 spiro atoms. The fourth-order valence-electron chi connectivity index (χ4n) is 2.64. The highest BCUT2D eigenvalue weighted by atomic mass is 32.1. The Bertz CT molecular complexity index is 954. The van der Waals surface area contributed by atoms with Crippen molar-refractivity contribution in [1.82, 2.24) is 5.32 Å². The predicted octanol–water partition coefficient (Wildman–Crippen LogP) is 4.07. The molecule has 0 fully saturated rings. The molecule has 28 heavy (non-hydrogen) atoms. The van der Waals surface area contributed by atoms with Crippen molar-refractivity contribution in [2.45, 2.75) is 6.92 Å². The van der Waals surface area contributed by atoms with E-state index in [1.54, 1.807) is 41.3 Å². The van der Waals surface area contributed by atoms with Gasteiger partial charge < -0.3 is 14.6 Å². The van der Waals surface area contributed by atoms with Crippen LogP contribution >= 0.6 is 12.2 Å². The first-order chi connectivity index (χ1) is 13.6. The lowest BCUT2D eigenvalue weighted by molar-refractivity contribution is 0.0949. The van der Waals surface area contributed by atoms with Crippen molar-refractivity contribution >= 4 is 40.5 Å². The van der Waals surface area contributed by atoms with Crippen molar-refractivity contribution in [2.75, 3.05) is 16.8 Å². The van der Waals surface area contributed by atoms with Crippen LogP contribution in [-0.4, -0.2) is 23.5 Å². The maximum atomic E-state index is 12.8. The summed E-state index contributed by atoms with van der Waals surface area (Å²) in [7, 11) is 0. The van der Waals surface area contributed by atoms with E-state index in [-0.39, 0.29) is 16.8 Å². The Kier molecular flexibility index (Phi) is 6.18. The number of anilines is 2. The molecule has 1 aromatic heterocycles. The van der Waals surface area contributed by atoms with Crippen molar-refractivity contribution < 1.29 is 14.0 Å². The van der Waals surface area contributed by atoms with E-state index in [4.69, 9.17) is 16.6 Å². The summed E-state index contributed by atoms with van der Waals surface area (Å²) in [5, 5.41) is 5.58. The Hall–Kier alpha value is -3.45. The molecule has 6 nitrogen and oxygen atoms in total. The predicted molar refractivity (Wildman–Crippen MR) is 113 cm³/mol. The third-order valence-electron chi connectivity index (χ3n) is 3.99. The van der Waals surface area contributed by atoms with Gasteiger partial charge in [0.25, 0.3) is 11.8 Å². The van der Waals surface area contributed by atoms with Gasteiger partial charge in [0.1, 0.15) is 0 Å². The minimum absolute atomic E-state index is 0.0889. The number of nitrogens with zero attached hydrogens (tertiary/aromatic N) is 1. The van der Waals surface area contributed by atoms with E-state index in [2.05, 4.69) is 10.6 Å². The molecule has 1 heterocycles. The molecule has 0 saturated carbocycles. The number of carbonyl (C=O) groups is 2. The first-order valence-electron chi connectivity index (χ1n) is 8.71. The number of hydrogen-bond donors (Lipinski definition) is 2. The Labute approximate surface area is 168 Å². The molecule has 0 radical (unpaired) electrons. The molecule has 7 heteroatoms. The molecule has 0 aliphatic heterocycles. The van der Waals surface area contributed by atoms with Crippen molar-refractivity contribution in [3.8, 4) is 0 Å². The normalized spacial score (nSPS) is 10.2. The van der Waals surface area contributed by atoms with Crippen LogP contribution < -0.4 is 15.5 Å². The van der Waals surface area contributed by atoms with Crippen LogP contribution in [0.15, 0.2) is 77.4 Å². The number of hydrogen-bond acceptors (Lipinski definition) is 4. The van der Waals surface area contributed by atoms with Crippen LogP contribution in [0.3, 0.4) is 0 Å². The fourth-order valence-corrected chi connectivity index (χ4v) is 2.85. The number of benzene rings is 2. The smallest absolute Gasteiger partial charge is 0.293 e. The molecule has 2 N–H and O–H groups in total. The number of carbonyl (C=O) groups excluding carboxylic acids is 2. The Morgan fingerprint density at radius 3 is 2.32 bits per heavy atom. The summed E-state index contributed by atoms with van der Waals surface area (Å²) >= 11 is 5.13. The second-order valence-corrected chi connectivity index (χ2v) is 6.26. The number of para-hydroxylation sites is 1. The molecular weight excluding hydrogens is 374 g/mol. The van der Waals surface area contributed by atoms with Crippen LogP contribution in [0.25, 0.3) is 0 Å². The number of furan rings is 1. The van der Waals surface area contributed by atoms with Crippen molar-refractivity contribution in [1.29, 1.82) is 0 Å². The van der Waals surface area contributed by atoms with Crippen LogP contribution in [0.2, 0.25) is 0 Å². The molecule has 0 atom stereocenters. The highest BCUT2D eigenvalue weighted by molar-refractivity contribution is 7.80. The zero-order valence-electron chi connectivity index (χ0n) is 15.2. The van der Waals surface area contributed by atoms with Gasteiger partial charge in [0, 0.05) is 23.5 Å². The minimum atomic E-state index is -0.434. The van der Waals surface area contributed by atoms with Gasteiger partial charge in [-0.25, -0.2) is 0 Å². The van der Waals surface area contributed by atoms with Gasteiger partial charge in [0.15, 0.2) is 10.9 Å². The molecule has 0 aliphatic carbocycles. The summed E-state index contributed by atoms with van der Waals surface area (Å²) in [5.41, 5.74) is 2.06. The van der Waals surface area contributed by atoms with Gasteiger partial charge in [-0.05, 0) is 67.7 Å². The van der Waals surface area contributed by atoms with E-state index in [0.29, 0.717) is 17.8 Å². The molecule has 142 valence electrons. The maximum absolute atomic E-state index is 12.8. The van der Waals surface area contributed by atoms with Crippen molar-refractivity contribution in [2.24, 2.45) is 0 Å². The molecular formula is C21H19N3O3S. The summed E-state index contributed by atoms with van der Waals surface area (Å²) < 4.78 is 5.02. The van der Waals surface area contributed by atoms with Crippen LogP contribution in [0.4, 0.5) is 11.4 Å². The third kappa shape index (κ3) is 4.63. The average molecular weight is 393 g/mol. The van der Waals surface area contributed by atoms with Gasteiger partial charge >= 0.3 is 0 Å². The van der Waals surface area contributed by atoms with Crippen molar-refractivity contribution in [3.05, 3.63) is 84.3 Å². The second kappa shape index (κ2) is 8.96. The molecule has 0 saturated heterocycles. The van der Waals surface area contributed by atoms with Gasteiger partial charge in [-0.15, -0.1) is 0 Å². The Morgan fingerprint density at radius 2 is 1.71 bits per heavy atom. The van der Waals surface area contributed by atoms with E-state index in [0.717, 1.165) is 5.69 Å². The largest absolute Gasteiger partial charge is 0.459 e. The zero-order valence-corrected chi connectivity index (χ0v) is 16.0. The standard InChI is InChI=1S/C21H19N3O3S/c1-2-24(17-7-4-3-5-8-17)20(26)15-10-12-16(13-11-15)22-21(28)23-19(25)18-9-6-14-27-18/h3-14H,2H2,1H3,(H2,22,23,25,28). The van der Waals surface area contributed by atoms with Gasteiger partial charge in [0.2, 0.25) is 0 Å². The highest BCUT2D eigenvalue weighted by Crippen LogP contribution is 2.18. The summed E-state index contributed by atoms with van der Waals surface area (Å²) in [6.07, 6.45) is 1.41. The molecule has 2 amide bonds. The Balaban J connectivity index is 1.63. The maximum Gasteiger partial charge on any atom is 0.293 e. The second-order valence-electron chi connectivity index (χ2n) is 5.85. The van der Waals surface area contributed by atoms with Gasteiger partial charge in [-0.3, -0.25) is 14.9 Å². The number of rotatable bonds is 5. The monoisotopic (exact) mass is 393 g/mol. The first kappa shape index (κ1) is 19.3. The molecule has 3 aromatic rings. The fraction of sp³-hybridized carbons (Fsp3) is 0.0952. The quantitative estimate of drug-likeness (QED) is 0.639.